The highest BCUT2D eigenvalue weighted by molar-refractivity contribution is 6.88. The van der Waals surface area contributed by atoms with E-state index >= 15 is 0 Å². The van der Waals surface area contributed by atoms with E-state index in [1.165, 1.54) is 63.4 Å². The molecule has 0 aliphatic carbocycles. The number of aryl methyl sites for hydroxylation is 1. The first-order valence-corrected chi connectivity index (χ1v) is 15.2. The summed E-state index contributed by atoms with van der Waals surface area (Å²) in [6.45, 7) is 14.0. The standard InChI is InChI=1S/C25H46O2Si/c1-23(2)27-22-14-21-26-20-13-11-9-7-6-8-10-12-15-24-16-18-25(19-17-24)28(3,4)5/h16-19,23H,6-15,20-22H2,1-5H3. The molecule has 0 unspecified atom stereocenters. The summed E-state index contributed by atoms with van der Waals surface area (Å²) in [6.07, 6.45) is 13.3. The Morgan fingerprint density at radius 2 is 1.21 bits per heavy atom. The van der Waals surface area contributed by atoms with Crippen LogP contribution in [0.1, 0.15) is 77.2 Å². The minimum atomic E-state index is -1.15. The van der Waals surface area contributed by atoms with Gasteiger partial charge in [-0.1, -0.05) is 87.6 Å². The van der Waals surface area contributed by atoms with Gasteiger partial charge in [-0.05, 0) is 45.1 Å². The molecular weight excluding hydrogens is 360 g/mol. The lowest BCUT2D eigenvalue weighted by atomic mass is 10.0. The lowest BCUT2D eigenvalue weighted by Gasteiger charge is -2.16. The average Bonchev–Trinajstić information content (AvgIpc) is 2.64. The van der Waals surface area contributed by atoms with Crippen LogP contribution in [0, 0.1) is 0 Å². The van der Waals surface area contributed by atoms with Gasteiger partial charge in [-0.2, -0.15) is 0 Å². The number of hydrogen-bond acceptors (Lipinski definition) is 2. The van der Waals surface area contributed by atoms with Crippen molar-refractivity contribution in [2.45, 2.75) is 104 Å². The first kappa shape index (κ1) is 25.4. The second-order valence-electron chi connectivity index (χ2n) is 9.41. The van der Waals surface area contributed by atoms with Crippen LogP contribution in [-0.2, 0) is 15.9 Å². The van der Waals surface area contributed by atoms with E-state index in [1.807, 2.05) is 0 Å². The van der Waals surface area contributed by atoms with Crippen LogP contribution in [0.4, 0.5) is 0 Å². The summed E-state index contributed by atoms with van der Waals surface area (Å²) in [5.41, 5.74) is 1.51. The largest absolute Gasteiger partial charge is 0.381 e. The van der Waals surface area contributed by atoms with Crippen molar-refractivity contribution in [1.82, 2.24) is 0 Å². The van der Waals surface area contributed by atoms with Crippen molar-refractivity contribution in [1.29, 1.82) is 0 Å². The van der Waals surface area contributed by atoms with Gasteiger partial charge in [0.2, 0.25) is 0 Å². The maximum absolute atomic E-state index is 5.67. The van der Waals surface area contributed by atoms with E-state index in [0.717, 1.165) is 26.2 Å². The smallest absolute Gasteiger partial charge is 0.0775 e. The topological polar surface area (TPSA) is 18.5 Å². The minimum Gasteiger partial charge on any atom is -0.381 e. The van der Waals surface area contributed by atoms with Crippen molar-refractivity contribution in [3.63, 3.8) is 0 Å². The Labute approximate surface area is 176 Å². The fourth-order valence-corrected chi connectivity index (χ4v) is 4.51. The molecule has 0 saturated heterocycles. The Bertz CT molecular complexity index is 476. The van der Waals surface area contributed by atoms with Crippen molar-refractivity contribution >= 4 is 13.3 Å². The van der Waals surface area contributed by atoms with Gasteiger partial charge in [0.25, 0.3) is 0 Å². The fraction of sp³-hybridized carbons (Fsp3) is 0.760. The van der Waals surface area contributed by atoms with E-state index in [2.05, 4.69) is 57.8 Å². The van der Waals surface area contributed by atoms with Crippen LogP contribution < -0.4 is 5.19 Å². The molecule has 0 aromatic heterocycles. The molecule has 1 aromatic rings. The van der Waals surface area contributed by atoms with Gasteiger partial charge in [0.1, 0.15) is 0 Å². The predicted octanol–water partition coefficient (Wildman–Crippen LogP) is 6.73. The Morgan fingerprint density at radius 3 is 1.79 bits per heavy atom. The van der Waals surface area contributed by atoms with Gasteiger partial charge in [-0.15, -0.1) is 0 Å². The van der Waals surface area contributed by atoms with Gasteiger partial charge in [0.15, 0.2) is 0 Å². The summed E-state index contributed by atoms with van der Waals surface area (Å²) in [6, 6.07) is 9.44. The highest BCUT2D eigenvalue weighted by atomic mass is 28.3. The number of ether oxygens (including phenoxy) is 2. The van der Waals surface area contributed by atoms with E-state index < -0.39 is 8.07 Å². The predicted molar refractivity (Wildman–Crippen MR) is 127 cm³/mol. The maximum atomic E-state index is 5.67. The molecule has 0 spiro atoms. The molecule has 1 aromatic carbocycles. The molecule has 0 aliphatic heterocycles. The van der Waals surface area contributed by atoms with Gasteiger partial charge in [0, 0.05) is 19.8 Å². The summed E-state index contributed by atoms with van der Waals surface area (Å²) >= 11 is 0. The van der Waals surface area contributed by atoms with Crippen molar-refractivity contribution in [3.05, 3.63) is 29.8 Å². The zero-order chi connectivity index (χ0) is 20.7. The number of rotatable bonds is 17. The molecular formula is C25H46O2Si. The summed E-state index contributed by atoms with van der Waals surface area (Å²) in [4.78, 5) is 0. The van der Waals surface area contributed by atoms with Gasteiger partial charge < -0.3 is 9.47 Å². The van der Waals surface area contributed by atoms with Gasteiger partial charge in [-0.3, -0.25) is 0 Å². The highest BCUT2D eigenvalue weighted by Gasteiger charge is 2.15. The quantitative estimate of drug-likeness (QED) is 0.211. The molecule has 28 heavy (non-hydrogen) atoms. The number of benzene rings is 1. The monoisotopic (exact) mass is 406 g/mol. The third-order valence-electron chi connectivity index (χ3n) is 5.21. The SMILES string of the molecule is CC(C)OCCCOCCCCCCCCCCc1ccc([Si](C)(C)C)cc1. The maximum Gasteiger partial charge on any atom is 0.0775 e. The second kappa shape index (κ2) is 15.2. The van der Waals surface area contributed by atoms with E-state index in [0.29, 0.717) is 6.10 Å². The molecule has 0 radical (unpaired) electrons. The van der Waals surface area contributed by atoms with Crippen LogP contribution in [-0.4, -0.2) is 34.0 Å². The van der Waals surface area contributed by atoms with Crippen LogP contribution in [0.2, 0.25) is 19.6 Å². The molecule has 3 heteroatoms. The zero-order valence-electron chi connectivity index (χ0n) is 19.4. The van der Waals surface area contributed by atoms with Gasteiger partial charge >= 0.3 is 0 Å². The van der Waals surface area contributed by atoms with Crippen molar-refractivity contribution < 1.29 is 9.47 Å². The second-order valence-corrected chi connectivity index (χ2v) is 14.5. The first-order chi connectivity index (χ1) is 13.4. The summed E-state index contributed by atoms with van der Waals surface area (Å²) in [5.74, 6) is 0. The molecule has 0 amide bonds. The third kappa shape index (κ3) is 13.5. The lowest BCUT2D eigenvalue weighted by molar-refractivity contribution is 0.0507. The molecule has 0 saturated carbocycles. The molecule has 2 nitrogen and oxygen atoms in total. The number of hydrogen-bond donors (Lipinski definition) is 0. The summed E-state index contributed by atoms with van der Waals surface area (Å²) in [5, 5.41) is 1.57. The molecule has 0 fully saturated rings. The van der Waals surface area contributed by atoms with Crippen molar-refractivity contribution in [2.24, 2.45) is 0 Å². The molecule has 0 bridgehead atoms. The lowest BCUT2D eigenvalue weighted by Crippen LogP contribution is -2.37. The summed E-state index contributed by atoms with van der Waals surface area (Å²) < 4.78 is 11.2. The highest BCUT2D eigenvalue weighted by Crippen LogP contribution is 2.12. The van der Waals surface area contributed by atoms with E-state index in [1.54, 1.807) is 5.19 Å². The van der Waals surface area contributed by atoms with Gasteiger partial charge in [-0.25, -0.2) is 0 Å². The Hall–Kier alpha value is -0.643. The number of unbranched alkanes of at least 4 members (excludes halogenated alkanes) is 7. The molecule has 0 N–H and O–H groups in total. The molecule has 1 rings (SSSR count). The molecule has 0 atom stereocenters. The van der Waals surface area contributed by atoms with Crippen molar-refractivity contribution in [2.75, 3.05) is 19.8 Å². The van der Waals surface area contributed by atoms with Crippen LogP contribution in [0.25, 0.3) is 0 Å². The van der Waals surface area contributed by atoms with E-state index in [9.17, 15) is 0 Å². The van der Waals surface area contributed by atoms with E-state index in [4.69, 9.17) is 9.47 Å². The van der Waals surface area contributed by atoms with Gasteiger partial charge in [0.05, 0.1) is 14.2 Å². The summed E-state index contributed by atoms with van der Waals surface area (Å²) in [7, 11) is -1.15. The van der Waals surface area contributed by atoms with Crippen LogP contribution in [0.3, 0.4) is 0 Å². The fourth-order valence-electron chi connectivity index (χ4n) is 3.35. The Morgan fingerprint density at radius 1 is 0.679 bits per heavy atom. The normalized spacial score (nSPS) is 12.1. The minimum absolute atomic E-state index is 0.335. The average molecular weight is 407 g/mol. The van der Waals surface area contributed by atoms with Crippen molar-refractivity contribution in [3.8, 4) is 0 Å². The van der Waals surface area contributed by atoms with Crippen LogP contribution in [0.15, 0.2) is 24.3 Å². The molecule has 0 heterocycles. The Balaban J connectivity index is 1.85. The molecule has 162 valence electrons. The van der Waals surface area contributed by atoms with Crippen LogP contribution in [0.5, 0.6) is 0 Å². The zero-order valence-corrected chi connectivity index (χ0v) is 20.4. The Kier molecular flexibility index (Phi) is 13.8. The van der Waals surface area contributed by atoms with E-state index in [-0.39, 0.29) is 0 Å². The van der Waals surface area contributed by atoms with Crippen LogP contribution >= 0.6 is 0 Å². The first-order valence-electron chi connectivity index (χ1n) is 11.7. The molecule has 0 aliphatic rings. The third-order valence-corrected chi connectivity index (χ3v) is 7.27.